The highest BCUT2D eigenvalue weighted by Gasteiger charge is 2.35. The molecule has 0 amide bonds. The smallest absolute Gasteiger partial charge is 0.432 e. The zero-order chi connectivity index (χ0) is 22.1. The molecule has 0 radical (unpaired) electrons. The molecule has 0 aliphatic heterocycles. The van der Waals surface area contributed by atoms with E-state index in [1.807, 2.05) is 26.8 Å². The lowest BCUT2D eigenvalue weighted by Gasteiger charge is -2.21. The number of ether oxygens (including phenoxy) is 2. The number of nitrogens with zero attached hydrogens (tertiary/aromatic N) is 2. The van der Waals surface area contributed by atoms with E-state index in [4.69, 9.17) is 9.47 Å². The molecule has 0 bridgehead atoms. The van der Waals surface area contributed by atoms with E-state index in [0.29, 0.717) is 28.1 Å². The summed E-state index contributed by atoms with van der Waals surface area (Å²) in [5, 5.41) is 0.887. The van der Waals surface area contributed by atoms with Crippen LogP contribution in [0.25, 0.3) is 17.1 Å². The lowest BCUT2D eigenvalue weighted by Crippen LogP contribution is -2.20. The van der Waals surface area contributed by atoms with Gasteiger partial charge < -0.3 is 9.47 Å². The lowest BCUT2D eigenvalue weighted by molar-refractivity contribution is -0.141. The lowest BCUT2D eigenvalue weighted by atomic mass is 9.98. The second kappa shape index (κ2) is 8.14. The summed E-state index contributed by atoms with van der Waals surface area (Å²) in [5.41, 5.74) is -0.939. The van der Waals surface area contributed by atoms with Crippen molar-refractivity contribution in [3.63, 3.8) is 0 Å². The maximum Gasteiger partial charge on any atom is 0.432 e. The summed E-state index contributed by atoms with van der Waals surface area (Å²) in [5.74, 6) is 1.09. The highest BCUT2D eigenvalue weighted by Crippen LogP contribution is 2.34. The van der Waals surface area contributed by atoms with Gasteiger partial charge in [-0.15, -0.1) is 11.3 Å². The minimum absolute atomic E-state index is 0.0238. The molecular weight excluding hydrogens is 417 g/mol. The third-order valence-corrected chi connectivity index (χ3v) is 4.85. The van der Waals surface area contributed by atoms with Crippen LogP contribution in [-0.4, -0.2) is 23.1 Å². The predicted octanol–water partition coefficient (Wildman–Crippen LogP) is 5.38. The summed E-state index contributed by atoms with van der Waals surface area (Å²) in [7, 11) is 1.54. The maximum absolute atomic E-state index is 13.1. The number of rotatable bonds is 5. The monoisotopic (exact) mass is 438 g/mol. The Bertz CT molecular complexity index is 1140. The van der Waals surface area contributed by atoms with Gasteiger partial charge in [-0.1, -0.05) is 32.9 Å². The summed E-state index contributed by atoms with van der Waals surface area (Å²) in [4.78, 5) is 16.4. The molecule has 2 aromatic heterocycles. The molecule has 0 saturated heterocycles. The first-order valence-electron chi connectivity index (χ1n) is 9.06. The van der Waals surface area contributed by atoms with Crippen LogP contribution >= 0.6 is 11.3 Å². The fourth-order valence-corrected chi connectivity index (χ4v) is 3.57. The quantitative estimate of drug-likeness (QED) is 0.537. The standard InChI is InChI=1S/C21H21F3N2O3S/c1-20(2,3)12-29-18-13(6-5-7-15(18)28-4)8-9-14-10-17(27)26-16(21(22,23)24)11-30-19(26)25-14/h5-11H,12H2,1-4H3/b9-8+. The van der Waals surface area contributed by atoms with Crippen molar-refractivity contribution >= 4 is 28.4 Å². The fourth-order valence-electron chi connectivity index (χ4n) is 2.66. The molecule has 3 rings (SSSR count). The van der Waals surface area contributed by atoms with Crippen LogP contribution in [0.1, 0.15) is 37.7 Å². The van der Waals surface area contributed by atoms with Crippen molar-refractivity contribution in [1.29, 1.82) is 0 Å². The largest absolute Gasteiger partial charge is 0.493 e. The van der Waals surface area contributed by atoms with Gasteiger partial charge in [0.05, 0.1) is 19.4 Å². The molecule has 2 heterocycles. The van der Waals surface area contributed by atoms with E-state index in [1.54, 1.807) is 24.3 Å². The molecule has 0 atom stereocenters. The van der Waals surface area contributed by atoms with E-state index in [0.717, 1.165) is 22.8 Å². The average Bonchev–Trinajstić information content (AvgIpc) is 3.09. The SMILES string of the molecule is COc1cccc(/C=C/c2cc(=O)n3c(C(F)(F)F)csc3n2)c1OCC(C)(C)C. The van der Waals surface area contributed by atoms with Crippen LogP contribution in [-0.2, 0) is 6.18 Å². The molecular formula is C21H21F3N2O3S. The van der Waals surface area contributed by atoms with E-state index >= 15 is 0 Å². The van der Waals surface area contributed by atoms with Gasteiger partial charge in [0.2, 0.25) is 0 Å². The van der Waals surface area contributed by atoms with Crippen molar-refractivity contribution in [2.45, 2.75) is 26.9 Å². The van der Waals surface area contributed by atoms with Crippen molar-refractivity contribution in [3.05, 3.63) is 57.0 Å². The summed E-state index contributed by atoms with van der Waals surface area (Å²) >= 11 is 0.764. The Morgan fingerprint density at radius 1 is 1.20 bits per heavy atom. The summed E-state index contributed by atoms with van der Waals surface area (Å²) in [6, 6.07) is 6.45. The third-order valence-electron chi connectivity index (χ3n) is 4.03. The minimum Gasteiger partial charge on any atom is -0.493 e. The molecule has 0 unspecified atom stereocenters. The molecule has 0 aliphatic carbocycles. The van der Waals surface area contributed by atoms with Crippen molar-refractivity contribution < 1.29 is 22.6 Å². The summed E-state index contributed by atoms with van der Waals surface area (Å²) < 4.78 is 51.1. The number of fused-ring (bicyclic) bond motifs is 1. The van der Waals surface area contributed by atoms with E-state index in [9.17, 15) is 18.0 Å². The Hall–Kier alpha value is -2.81. The molecule has 0 spiro atoms. The van der Waals surface area contributed by atoms with E-state index in [-0.39, 0.29) is 16.1 Å². The number of halogens is 3. The minimum atomic E-state index is -4.62. The fraction of sp³-hybridized carbons (Fsp3) is 0.333. The molecule has 9 heteroatoms. The van der Waals surface area contributed by atoms with Crippen molar-refractivity contribution in [2.24, 2.45) is 5.41 Å². The van der Waals surface area contributed by atoms with Crippen molar-refractivity contribution in [1.82, 2.24) is 9.38 Å². The molecule has 160 valence electrons. The van der Waals surface area contributed by atoms with Crippen LogP contribution in [0.5, 0.6) is 11.5 Å². The van der Waals surface area contributed by atoms with Crippen LogP contribution in [0, 0.1) is 5.41 Å². The van der Waals surface area contributed by atoms with Gasteiger partial charge in [0.25, 0.3) is 5.56 Å². The zero-order valence-electron chi connectivity index (χ0n) is 16.9. The van der Waals surface area contributed by atoms with Crippen molar-refractivity contribution in [2.75, 3.05) is 13.7 Å². The first-order valence-corrected chi connectivity index (χ1v) is 9.94. The normalized spacial score (nSPS) is 12.6. The molecule has 3 aromatic rings. The second-order valence-electron chi connectivity index (χ2n) is 7.82. The van der Waals surface area contributed by atoms with Crippen LogP contribution in [0.2, 0.25) is 0 Å². The van der Waals surface area contributed by atoms with Crippen LogP contribution in [0.15, 0.2) is 34.4 Å². The Balaban J connectivity index is 1.98. The van der Waals surface area contributed by atoms with E-state index in [1.165, 1.54) is 7.11 Å². The number of benzene rings is 1. The Morgan fingerprint density at radius 3 is 2.57 bits per heavy atom. The Morgan fingerprint density at radius 2 is 1.93 bits per heavy atom. The molecule has 30 heavy (non-hydrogen) atoms. The first kappa shape index (κ1) is 21.9. The molecule has 0 N–H and O–H groups in total. The van der Waals surface area contributed by atoms with Gasteiger partial charge in [-0.25, -0.2) is 9.38 Å². The topological polar surface area (TPSA) is 52.8 Å². The molecule has 0 saturated carbocycles. The van der Waals surface area contributed by atoms with Gasteiger partial charge in [0, 0.05) is 17.0 Å². The average molecular weight is 438 g/mol. The third kappa shape index (κ3) is 4.84. The van der Waals surface area contributed by atoms with Crippen LogP contribution < -0.4 is 15.0 Å². The predicted molar refractivity (Wildman–Crippen MR) is 111 cm³/mol. The highest BCUT2D eigenvalue weighted by atomic mass is 32.1. The highest BCUT2D eigenvalue weighted by molar-refractivity contribution is 7.15. The summed E-state index contributed by atoms with van der Waals surface area (Å²) in [6.07, 6.45) is -1.37. The number of alkyl halides is 3. The number of hydrogen-bond donors (Lipinski definition) is 0. The van der Waals surface area contributed by atoms with Crippen LogP contribution in [0.3, 0.4) is 0 Å². The second-order valence-corrected chi connectivity index (χ2v) is 8.65. The first-order chi connectivity index (χ1) is 14.0. The van der Waals surface area contributed by atoms with Gasteiger partial charge in [-0.2, -0.15) is 13.2 Å². The molecule has 1 aromatic carbocycles. The molecule has 0 fully saturated rings. The number of thiazole rings is 1. The zero-order valence-corrected chi connectivity index (χ0v) is 17.7. The van der Waals surface area contributed by atoms with Gasteiger partial charge in [0.1, 0.15) is 5.69 Å². The number of para-hydroxylation sites is 1. The number of aromatic nitrogens is 2. The van der Waals surface area contributed by atoms with E-state index < -0.39 is 17.4 Å². The number of methoxy groups -OCH3 is 1. The van der Waals surface area contributed by atoms with Crippen molar-refractivity contribution in [3.8, 4) is 11.5 Å². The van der Waals surface area contributed by atoms with Crippen LogP contribution in [0.4, 0.5) is 13.2 Å². The maximum atomic E-state index is 13.1. The van der Waals surface area contributed by atoms with Gasteiger partial charge in [0.15, 0.2) is 16.5 Å². The van der Waals surface area contributed by atoms with E-state index in [2.05, 4.69) is 4.98 Å². The Kier molecular flexibility index (Phi) is 5.94. The van der Waals surface area contributed by atoms with Gasteiger partial charge in [-0.05, 0) is 23.6 Å². The molecule has 5 nitrogen and oxygen atoms in total. The number of hydrogen-bond acceptors (Lipinski definition) is 5. The van der Waals surface area contributed by atoms with Gasteiger partial charge >= 0.3 is 6.18 Å². The van der Waals surface area contributed by atoms with Gasteiger partial charge in [-0.3, -0.25) is 4.79 Å². The summed E-state index contributed by atoms with van der Waals surface area (Å²) in [6.45, 7) is 6.58. The molecule has 0 aliphatic rings. The Labute approximate surface area is 175 Å².